The number of esters is 1. The van der Waals surface area contributed by atoms with Gasteiger partial charge in [0.2, 0.25) is 0 Å². The fourth-order valence-electron chi connectivity index (χ4n) is 0.536. The van der Waals surface area contributed by atoms with Crippen LogP contribution in [0, 0.1) is 0 Å². The highest BCUT2D eigenvalue weighted by Crippen LogP contribution is 1.92. The second-order valence-corrected chi connectivity index (χ2v) is 1.94. The summed E-state index contributed by atoms with van der Waals surface area (Å²) in [6.45, 7) is 6.66. The van der Waals surface area contributed by atoms with Gasteiger partial charge in [0.05, 0.1) is 0 Å². The zero-order valence-corrected chi connectivity index (χ0v) is 6.33. The summed E-state index contributed by atoms with van der Waals surface area (Å²) in [5.41, 5.74) is 0. The Morgan fingerprint density at radius 3 is 2.70 bits per heavy atom. The van der Waals surface area contributed by atoms with Gasteiger partial charge < -0.3 is 4.74 Å². The summed E-state index contributed by atoms with van der Waals surface area (Å²) < 4.78 is 4.78. The van der Waals surface area contributed by atoms with E-state index in [1.807, 2.05) is 0 Å². The molecule has 0 bridgehead atoms. The third-order valence-corrected chi connectivity index (χ3v) is 0.870. The number of carbonyl (C=O) groups is 1. The van der Waals surface area contributed by atoms with Gasteiger partial charge in [0.25, 0.3) is 0 Å². The van der Waals surface area contributed by atoms with Crippen LogP contribution in [0.5, 0.6) is 0 Å². The first-order valence-electron chi connectivity index (χ1n) is 3.13. The molecule has 0 radical (unpaired) electrons. The molecule has 0 aliphatic rings. The van der Waals surface area contributed by atoms with E-state index in [-0.39, 0.29) is 12.1 Å². The summed E-state index contributed by atoms with van der Waals surface area (Å²) in [7, 11) is 0. The Labute approximate surface area is 61.2 Å². The van der Waals surface area contributed by atoms with E-state index in [0.717, 1.165) is 0 Å². The molecule has 0 amide bonds. The molecule has 0 saturated carbocycles. The molecule has 0 fully saturated rings. The van der Waals surface area contributed by atoms with Crippen molar-refractivity contribution in [3.05, 3.63) is 24.8 Å². The van der Waals surface area contributed by atoms with Crippen LogP contribution < -0.4 is 0 Å². The van der Waals surface area contributed by atoms with E-state index in [9.17, 15) is 4.79 Å². The van der Waals surface area contributed by atoms with Gasteiger partial charge in [-0.1, -0.05) is 18.7 Å². The molecular formula is C8H12O2. The maximum absolute atomic E-state index is 10.3. The van der Waals surface area contributed by atoms with E-state index < -0.39 is 0 Å². The smallest absolute Gasteiger partial charge is 0.303 e. The minimum atomic E-state index is -0.263. The largest absolute Gasteiger partial charge is 0.459 e. The van der Waals surface area contributed by atoms with Crippen molar-refractivity contribution in [1.29, 1.82) is 0 Å². The van der Waals surface area contributed by atoms with Gasteiger partial charge in [0.15, 0.2) is 0 Å². The third kappa shape index (κ3) is 5.09. The van der Waals surface area contributed by atoms with Crippen LogP contribution in [-0.4, -0.2) is 12.1 Å². The van der Waals surface area contributed by atoms with Gasteiger partial charge in [-0.3, -0.25) is 4.79 Å². The number of allylic oxidation sites excluding steroid dienone is 2. The Kier molecular flexibility index (Phi) is 4.29. The van der Waals surface area contributed by atoms with Crippen LogP contribution in [0.1, 0.15) is 13.8 Å². The van der Waals surface area contributed by atoms with Gasteiger partial charge in [-0.25, -0.2) is 0 Å². The average Bonchev–Trinajstić information content (AvgIpc) is 1.82. The molecule has 10 heavy (non-hydrogen) atoms. The van der Waals surface area contributed by atoms with Crippen molar-refractivity contribution in [3.8, 4) is 0 Å². The highest BCUT2D eigenvalue weighted by atomic mass is 16.5. The van der Waals surface area contributed by atoms with E-state index in [1.54, 1.807) is 25.2 Å². The van der Waals surface area contributed by atoms with Crippen molar-refractivity contribution in [3.63, 3.8) is 0 Å². The van der Waals surface area contributed by atoms with Gasteiger partial charge in [-0.05, 0) is 13.0 Å². The fourth-order valence-corrected chi connectivity index (χ4v) is 0.536. The number of hydrogen-bond donors (Lipinski definition) is 0. The van der Waals surface area contributed by atoms with Crippen LogP contribution in [0.25, 0.3) is 0 Å². The predicted octanol–water partition coefficient (Wildman–Crippen LogP) is 1.68. The Morgan fingerprint density at radius 1 is 1.70 bits per heavy atom. The molecule has 0 saturated heterocycles. The van der Waals surface area contributed by atoms with Crippen molar-refractivity contribution in [2.75, 3.05) is 0 Å². The van der Waals surface area contributed by atoms with Crippen molar-refractivity contribution >= 4 is 5.97 Å². The van der Waals surface area contributed by atoms with Gasteiger partial charge in [-0.15, -0.1) is 0 Å². The lowest BCUT2D eigenvalue weighted by Gasteiger charge is -2.04. The second kappa shape index (κ2) is 4.79. The molecular weight excluding hydrogens is 128 g/mol. The molecule has 0 N–H and O–H groups in total. The molecule has 0 unspecified atom stereocenters. The molecule has 2 heteroatoms. The van der Waals surface area contributed by atoms with E-state index >= 15 is 0 Å². The molecule has 0 aliphatic heterocycles. The SMILES string of the molecule is C=C/C=C/[C@@H](C)OC(C)=O. The summed E-state index contributed by atoms with van der Waals surface area (Å²) >= 11 is 0. The van der Waals surface area contributed by atoms with Crippen molar-refractivity contribution in [2.24, 2.45) is 0 Å². The molecule has 1 atom stereocenters. The maximum Gasteiger partial charge on any atom is 0.303 e. The predicted molar refractivity (Wildman–Crippen MR) is 40.6 cm³/mol. The third-order valence-electron chi connectivity index (χ3n) is 0.870. The highest BCUT2D eigenvalue weighted by Gasteiger charge is 1.97. The molecule has 0 aliphatic carbocycles. The molecule has 0 aromatic carbocycles. The lowest BCUT2D eigenvalue weighted by molar-refractivity contribution is -0.143. The Morgan fingerprint density at radius 2 is 2.30 bits per heavy atom. The average molecular weight is 140 g/mol. The molecule has 0 spiro atoms. The summed E-state index contributed by atoms with van der Waals surface area (Å²) in [6, 6.07) is 0. The van der Waals surface area contributed by atoms with Gasteiger partial charge in [0, 0.05) is 6.92 Å². The number of rotatable bonds is 3. The van der Waals surface area contributed by atoms with E-state index in [4.69, 9.17) is 4.74 Å². The molecule has 0 aromatic rings. The standard InChI is InChI=1S/C8H12O2/c1-4-5-6-7(2)10-8(3)9/h4-7H,1H2,2-3H3/b6-5+/t7-/m1/s1. The normalized spacial score (nSPS) is 13.0. The summed E-state index contributed by atoms with van der Waals surface area (Å²) in [4.78, 5) is 10.3. The van der Waals surface area contributed by atoms with Crippen LogP contribution in [-0.2, 0) is 9.53 Å². The Bertz CT molecular complexity index is 147. The van der Waals surface area contributed by atoms with Crippen molar-refractivity contribution in [2.45, 2.75) is 20.0 Å². The van der Waals surface area contributed by atoms with Crippen LogP contribution in [0.3, 0.4) is 0 Å². The number of ether oxygens (including phenoxy) is 1. The van der Waals surface area contributed by atoms with Gasteiger partial charge in [-0.2, -0.15) is 0 Å². The van der Waals surface area contributed by atoms with E-state index in [2.05, 4.69) is 6.58 Å². The summed E-state index contributed by atoms with van der Waals surface area (Å²) in [6.07, 6.45) is 4.98. The molecule has 0 rings (SSSR count). The maximum atomic E-state index is 10.3. The van der Waals surface area contributed by atoms with Crippen LogP contribution in [0.15, 0.2) is 24.8 Å². The Hall–Kier alpha value is -1.05. The zero-order chi connectivity index (χ0) is 7.98. The van der Waals surface area contributed by atoms with E-state index in [1.165, 1.54) is 6.92 Å². The van der Waals surface area contributed by atoms with Crippen LogP contribution in [0.2, 0.25) is 0 Å². The lowest BCUT2D eigenvalue weighted by atomic mass is 10.3. The molecule has 0 heterocycles. The first-order chi connectivity index (χ1) is 4.66. The number of carbonyl (C=O) groups excluding carboxylic acids is 1. The monoisotopic (exact) mass is 140 g/mol. The zero-order valence-electron chi connectivity index (χ0n) is 6.33. The topological polar surface area (TPSA) is 26.3 Å². The fraction of sp³-hybridized carbons (Fsp3) is 0.375. The second-order valence-electron chi connectivity index (χ2n) is 1.94. The van der Waals surface area contributed by atoms with Crippen LogP contribution >= 0.6 is 0 Å². The van der Waals surface area contributed by atoms with Crippen LogP contribution in [0.4, 0.5) is 0 Å². The molecule has 2 nitrogen and oxygen atoms in total. The van der Waals surface area contributed by atoms with Crippen molar-refractivity contribution in [1.82, 2.24) is 0 Å². The minimum absolute atomic E-state index is 0.157. The Balaban J connectivity index is 3.62. The van der Waals surface area contributed by atoms with Gasteiger partial charge in [0.1, 0.15) is 6.10 Å². The molecule has 56 valence electrons. The van der Waals surface area contributed by atoms with E-state index in [0.29, 0.717) is 0 Å². The minimum Gasteiger partial charge on any atom is -0.459 e. The summed E-state index contributed by atoms with van der Waals surface area (Å²) in [5, 5.41) is 0. The quantitative estimate of drug-likeness (QED) is 0.440. The first-order valence-corrected chi connectivity index (χ1v) is 3.13. The molecule has 0 aromatic heterocycles. The lowest BCUT2D eigenvalue weighted by Crippen LogP contribution is -2.08. The number of hydrogen-bond acceptors (Lipinski definition) is 2. The van der Waals surface area contributed by atoms with Gasteiger partial charge >= 0.3 is 5.97 Å². The highest BCUT2D eigenvalue weighted by molar-refractivity contribution is 5.66. The van der Waals surface area contributed by atoms with Crippen molar-refractivity contribution < 1.29 is 9.53 Å². The first kappa shape index (κ1) is 8.95. The summed E-state index contributed by atoms with van der Waals surface area (Å²) in [5.74, 6) is -0.263.